The first-order chi connectivity index (χ1) is 6.79. The summed E-state index contributed by atoms with van der Waals surface area (Å²) in [4.78, 5) is 0. The highest BCUT2D eigenvalue weighted by Gasteiger charge is 2.50. The Hall–Kier alpha value is -0.840. The maximum atomic E-state index is 12.6. The highest BCUT2D eigenvalue weighted by Crippen LogP contribution is 2.42. The second-order valence-corrected chi connectivity index (χ2v) is 3.79. The molecule has 0 fully saturated rings. The van der Waals surface area contributed by atoms with Crippen LogP contribution < -0.4 is 0 Å². The highest BCUT2D eigenvalue weighted by molar-refractivity contribution is 5.22. The molecule has 0 heterocycles. The van der Waals surface area contributed by atoms with Crippen molar-refractivity contribution in [3.8, 4) is 0 Å². The van der Waals surface area contributed by atoms with Crippen LogP contribution in [0.3, 0.4) is 0 Å². The van der Waals surface area contributed by atoms with Crippen molar-refractivity contribution in [2.75, 3.05) is 7.11 Å². The molecule has 86 valence electrons. The molecule has 1 rings (SSSR count). The van der Waals surface area contributed by atoms with Gasteiger partial charge in [0.2, 0.25) is 0 Å². The molecular formula is C10H12F4O. The number of rotatable bonds is 2. The zero-order valence-electron chi connectivity index (χ0n) is 8.44. The molecule has 0 saturated carbocycles. The van der Waals surface area contributed by atoms with E-state index in [1.165, 1.54) is 13.0 Å². The van der Waals surface area contributed by atoms with Gasteiger partial charge in [-0.1, -0.05) is 13.0 Å². The zero-order valence-corrected chi connectivity index (χ0v) is 8.44. The molecule has 0 bridgehead atoms. The predicted octanol–water partition coefficient (Wildman–Crippen LogP) is 3.38. The third-order valence-corrected chi connectivity index (χ3v) is 2.49. The Bertz CT molecular complexity index is 292. The Morgan fingerprint density at radius 1 is 1.47 bits per heavy atom. The molecule has 0 aromatic rings. The normalized spacial score (nSPS) is 28.8. The summed E-state index contributed by atoms with van der Waals surface area (Å²) < 4.78 is 54.8. The quantitative estimate of drug-likeness (QED) is 0.653. The van der Waals surface area contributed by atoms with E-state index in [9.17, 15) is 17.6 Å². The third-order valence-electron chi connectivity index (χ3n) is 2.49. The van der Waals surface area contributed by atoms with E-state index in [-0.39, 0.29) is 6.42 Å². The van der Waals surface area contributed by atoms with E-state index in [1.807, 2.05) is 0 Å². The van der Waals surface area contributed by atoms with Crippen LogP contribution in [0.2, 0.25) is 0 Å². The van der Waals surface area contributed by atoms with Crippen LogP contribution in [0.15, 0.2) is 24.1 Å². The van der Waals surface area contributed by atoms with Crippen molar-refractivity contribution in [2.24, 2.45) is 5.41 Å². The molecule has 0 aromatic carbocycles. The fourth-order valence-corrected chi connectivity index (χ4v) is 1.69. The van der Waals surface area contributed by atoms with Crippen molar-refractivity contribution in [3.05, 3.63) is 24.1 Å². The van der Waals surface area contributed by atoms with Gasteiger partial charge in [-0.25, -0.2) is 4.39 Å². The second-order valence-electron chi connectivity index (χ2n) is 3.79. The smallest absolute Gasteiger partial charge is 0.371 e. The molecule has 0 aliphatic heterocycles. The van der Waals surface area contributed by atoms with Gasteiger partial charge in [0, 0.05) is 12.5 Å². The molecule has 15 heavy (non-hydrogen) atoms. The maximum absolute atomic E-state index is 12.6. The summed E-state index contributed by atoms with van der Waals surface area (Å²) in [7, 11) is 1.01. The molecule has 0 saturated heterocycles. The Balaban J connectivity index is 2.91. The molecule has 0 aromatic heterocycles. The maximum Gasteiger partial charge on any atom is 0.415 e. The summed E-state index contributed by atoms with van der Waals surface area (Å²) in [6.45, 7) is 1.40. The molecule has 1 aliphatic rings. The van der Waals surface area contributed by atoms with Crippen molar-refractivity contribution in [2.45, 2.75) is 25.6 Å². The average Bonchev–Trinajstić information content (AvgIpc) is 2.09. The third kappa shape index (κ3) is 2.59. The summed E-state index contributed by atoms with van der Waals surface area (Å²) in [5.41, 5.74) is -1.23. The standard InChI is InChI=1S/C10H12F4O/c1-9(5-3-7(11)4-6-9)8(15-2)10(12,13)14/h3-5,8H,6H2,1-2H3. The molecule has 0 spiro atoms. The van der Waals surface area contributed by atoms with E-state index in [0.29, 0.717) is 0 Å². The molecule has 1 nitrogen and oxygen atoms in total. The molecule has 0 radical (unpaired) electrons. The average molecular weight is 224 g/mol. The van der Waals surface area contributed by atoms with Gasteiger partial charge in [-0.05, 0) is 18.6 Å². The number of ether oxygens (including phenoxy) is 1. The van der Waals surface area contributed by atoms with Crippen LogP contribution in [-0.2, 0) is 4.74 Å². The number of alkyl halides is 3. The lowest BCUT2D eigenvalue weighted by atomic mass is 9.78. The fraction of sp³-hybridized carbons (Fsp3) is 0.600. The summed E-state index contributed by atoms with van der Waals surface area (Å²) >= 11 is 0. The van der Waals surface area contributed by atoms with Gasteiger partial charge < -0.3 is 4.74 Å². The topological polar surface area (TPSA) is 9.23 Å². The minimum atomic E-state index is -4.45. The van der Waals surface area contributed by atoms with Gasteiger partial charge >= 0.3 is 6.18 Å². The van der Waals surface area contributed by atoms with Crippen LogP contribution in [-0.4, -0.2) is 19.4 Å². The molecule has 2 atom stereocenters. The summed E-state index contributed by atoms with van der Waals surface area (Å²) in [6.07, 6.45) is -2.99. The Labute approximate surface area is 85.4 Å². The number of halogens is 4. The monoisotopic (exact) mass is 224 g/mol. The van der Waals surface area contributed by atoms with Crippen LogP contribution in [0, 0.1) is 5.41 Å². The van der Waals surface area contributed by atoms with Gasteiger partial charge in [-0.15, -0.1) is 0 Å². The lowest BCUT2D eigenvalue weighted by Crippen LogP contribution is -2.44. The number of methoxy groups -OCH3 is 1. The number of hydrogen-bond acceptors (Lipinski definition) is 1. The first kappa shape index (κ1) is 12.2. The van der Waals surface area contributed by atoms with E-state index in [1.54, 1.807) is 0 Å². The fourth-order valence-electron chi connectivity index (χ4n) is 1.69. The first-order valence-corrected chi connectivity index (χ1v) is 4.44. The van der Waals surface area contributed by atoms with Gasteiger partial charge in [-0.2, -0.15) is 13.2 Å². The number of allylic oxidation sites excluding steroid dienone is 3. The molecule has 0 amide bonds. The van der Waals surface area contributed by atoms with E-state index < -0.39 is 23.5 Å². The molecular weight excluding hydrogens is 212 g/mol. The lowest BCUT2D eigenvalue weighted by molar-refractivity contribution is -0.238. The molecule has 0 N–H and O–H groups in total. The van der Waals surface area contributed by atoms with Crippen molar-refractivity contribution in [1.82, 2.24) is 0 Å². The first-order valence-electron chi connectivity index (χ1n) is 4.44. The minimum Gasteiger partial charge on any atom is -0.371 e. The van der Waals surface area contributed by atoms with E-state index in [4.69, 9.17) is 0 Å². The Morgan fingerprint density at radius 2 is 2.07 bits per heavy atom. The van der Waals surface area contributed by atoms with Gasteiger partial charge in [0.05, 0.1) is 0 Å². The van der Waals surface area contributed by atoms with Crippen LogP contribution >= 0.6 is 0 Å². The highest BCUT2D eigenvalue weighted by atomic mass is 19.4. The SMILES string of the molecule is COC(C(F)(F)F)C1(C)C=CC(F)=CC1. The summed E-state index contributed by atoms with van der Waals surface area (Å²) in [5, 5.41) is 0. The number of hydrogen-bond donors (Lipinski definition) is 0. The second kappa shape index (κ2) is 3.96. The van der Waals surface area contributed by atoms with E-state index >= 15 is 0 Å². The molecule has 2 unspecified atom stereocenters. The zero-order chi connectivity index (χ0) is 11.7. The van der Waals surface area contributed by atoms with Crippen molar-refractivity contribution < 1.29 is 22.3 Å². The van der Waals surface area contributed by atoms with Crippen molar-refractivity contribution in [3.63, 3.8) is 0 Å². The van der Waals surface area contributed by atoms with Gasteiger partial charge in [0.25, 0.3) is 0 Å². The summed E-state index contributed by atoms with van der Waals surface area (Å²) in [6, 6.07) is 0. The lowest BCUT2D eigenvalue weighted by Gasteiger charge is -2.35. The van der Waals surface area contributed by atoms with E-state index in [2.05, 4.69) is 4.74 Å². The van der Waals surface area contributed by atoms with Crippen molar-refractivity contribution >= 4 is 0 Å². The van der Waals surface area contributed by atoms with Crippen LogP contribution in [0.5, 0.6) is 0 Å². The molecule has 1 aliphatic carbocycles. The van der Waals surface area contributed by atoms with Gasteiger partial charge in [-0.3, -0.25) is 0 Å². The van der Waals surface area contributed by atoms with Crippen LogP contribution in [0.4, 0.5) is 17.6 Å². The Kier molecular flexibility index (Phi) is 3.23. The van der Waals surface area contributed by atoms with Gasteiger partial charge in [0.15, 0.2) is 6.10 Å². The minimum absolute atomic E-state index is 0.0205. The van der Waals surface area contributed by atoms with Crippen LogP contribution in [0.1, 0.15) is 13.3 Å². The Morgan fingerprint density at radius 3 is 2.40 bits per heavy atom. The van der Waals surface area contributed by atoms with Gasteiger partial charge in [0.1, 0.15) is 5.83 Å². The van der Waals surface area contributed by atoms with Crippen molar-refractivity contribution in [1.29, 1.82) is 0 Å². The molecule has 5 heteroatoms. The van der Waals surface area contributed by atoms with E-state index in [0.717, 1.165) is 19.3 Å². The predicted molar refractivity (Wildman–Crippen MR) is 47.9 cm³/mol. The summed E-state index contributed by atoms with van der Waals surface area (Å²) in [5.74, 6) is -0.510. The van der Waals surface area contributed by atoms with Crippen LogP contribution in [0.25, 0.3) is 0 Å². The largest absolute Gasteiger partial charge is 0.415 e.